The lowest BCUT2D eigenvalue weighted by molar-refractivity contribution is 0.135. The molecule has 0 aromatic heterocycles. The van der Waals surface area contributed by atoms with E-state index in [1.807, 2.05) is 25.7 Å². The smallest absolute Gasteiger partial charge is 0.317 e. The molecule has 1 N–H and O–H groups in total. The number of piperazine rings is 1. The van der Waals surface area contributed by atoms with Gasteiger partial charge in [-0.1, -0.05) is 11.6 Å². The molecule has 1 heterocycles. The first-order valence-electron chi connectivity index (χ1n) is 8.41. The number of allylic oxidation sites excluding steroid dienone is 1. The minimum atomic E-state index is -0.151. The van der Waals surface area contributed by atoms with Crippen LogP contribution in [-0.4, -0.2) is 54.1 Å². The van der Waals surface area contributed by atoms with E-state index in [9.17, 15) is 4.79 Å². The molecule has 1 aliphatic carbocycles. The summed E-state index contributed by atoms with van der Waals surface area (Å²) in [5, 5.41) is 3.05. The lowest BCUT2D eigenvalue weighted by atomic mass is 9.97. The molecule has 0 radical (unpaired) electrons. The van der Waals surface area contributed by atoms with Gasteiger partial charge in [-0.3, -0.25) is 4.90 Å². The number of hydrogen-bond donors (Lipinski definition) is 1. The molecule has 0 spiro atoms. The summed E-state index contributed by atoms with van der Waals surface area (Å²) in [5.41, 5.74) is 1.50. The van der Waals surface area contributed by atoms with Gasteiger partial charge in [-0.2, -0.15) is 0 Å². The third-order valence-electron chi connectivity index (χ3n) is 4.28. The van der Waals surface area contributed by atoms with Gasteiger partial charge in [-0.05, 0) is 52.9 Å². The van der Waals surface area contributed by atoms with E-state index in [-0.39, 0.29) is 11.6 Å². The van der Waals surface area contributed by atoms with Crippen LogP contribution in [0, 0.1) is 0 Å². The van der Waals surface area contributed by atoms with Crippen LogP contribution in [0.1, 0.15) is 52.9 Å². The van der Waals surface area contributed by atoms with Crippen molar-refractivity contribution >= 4 is 6.03 Å². The number of urea groups is 1. The lowest BCUT2D eigenvalue weighted by Gasteiger charge is -2.36. The highest BCUT2D eigenvalue weighted by Gasteiger charge is 2.23. The van der Waals surface area contributed by atoms with Crippen LogP contribution in [0.25, 0.3) is 0 Å². The Hall–Kier alpha value is -1.03. The maximum atomic E-state index is 12.1. The summed E-state index contributed by atoms with van der Waals surface area (Å²) < 4.78 is 0. The summed E-state index contributed by atoms with van der Waals surface area (Å²) in [5.74, 6) is 0. The fourth-order valence-corrected chi connectivity index (χ4v) is 3.01. The van der Waals surface area contributed by atoms with Crippen molar-refractivity contribution in [2.45, 2.75) is 58.4 Å². The Kier molecular flexibility index (Phi) is 5.68. The van der Waals surface area contributed by atoms with E-state index in [4.69, 9.17) is 0 Å². The van der Waals surface area contributed by atoms with E-state index in [1.54, 1.807) is 5.57 Å². The van der Waals surface area contributed by atoms with Crippen LogP contribution in [0.4, 0.5) is 4.79 Å². The van der Waals surface area contributed by atoms with Crippen LogP contribution in [0.15, 0.2) is 11.6 Å². The monoisotopic (exact) mass is 293 g/mol. The zero-order valence-corrected chi connectivity index (χ0v) is 14.0. The number of nitrogens with one attached hydrogen (secondary N) is 1. The summed E-state index contributed by atoms with van der Waals surface area (Å²) in [6, 6.07) is 0.0807. The van der Waals surface area contributed by atoms with E-state index in [0.29, 0.717) is 0 Å². The number of hydrogen-bond acceptors (Lipinski definition) is 2. The summed E-state index contributed by atoms with van der Waals surface area (Å²) in [6.07, 6.45) is 8.96. The molecule has 0 aromatic carbocycles. The third-order valence-corrected chi connectivity index (χ3v) is 4.28. The highest BCUT2D eigenvalue weighted by molar-refractivity contribution is 5.75. The molecule has 4 nitrogen and oxygen atoms in total. The predicted octanol–water partition coefficient (Wildman–Crippen LogP) is 3.00. The summed E-state index contributed by atoms with van der Waals surface area (Å²) in [7, 11) is 0. The first kappa shape index (κ1) is 16.3. The largest absolute Gasteiger partial charge is 0.333 e. The molecule has 4 heteroatoms. The molecule has 0 unspecified atom stereocenters. The number of rotatable bonds is 3. The second-order valence-electron chi connectivity index (χ2n) is 7.37. The van der Waals surface area contributed by atoms with E-state index in [2.05, 4.69) is 16.3 Å². The Labute approximate surface area is 129 Å². The zero-order chi connectivity index (χ0) is 15.3. The van der Waals surface area contributed by atoms with Gasteiger partial charge in [0.25, 0.3) is 0 Å². The van der Waals surface area contributed by atoms with Crippen molar-refractivity contribution in [3.05, 3.63) is 11.6 Å². The molecule has 0 atom stereocenters. The second kappa shape index (κ2) is 7.30. The Morgan fingerprint density at radius 3 is 2.48 bits per heavy atom. The first-order valence-corrected chi connectivity index (χ1v) is 8.41. The van der Waals surface area contributed by atoms with Gasteiger partial charge < -0.3 is 10.2 Å². The third kappa shape index (κ3) is 5.70. The second-order valence-corrected chi connectivity index (χ2v) is 7.37. The van der Waals surface area contributed by atoms with Gasteiger partial charge in [0.05, 0.1) is 0 Å². The molecular formula is C17H31N3O. The Bertz CT molecular complexity index is 376. The number of carbonyl (C=O) groups excluding carboxylic acids is 1. The molecule has 21 heavy (non-hydrogen) atoms. The van der Waals surface area contributed by atoms with Crippen molar-refractivity contribution in [2.75, 3.05) is 32.7 Å². The SMILES string of the molecule is CC(C)(C)NC(=O)N1CCN(CCC2=CCCCC2)CC1. The van der Waals surface area contributed by atoms with Crippen molar-refractivity contribution in [1.29, 1.82) is 0 Å². The summed E-state index contributed by atoms with van der Waals surface area (Å²) >= 11 is 0. The first-order chi connectivity index (χ1) is 9.94. The van der Waals surface area contributed by atoms with Crippen molar-refractivity contribution in [3.63, 3.8) is 0 Å². The van der Waals surface area contributed by atoms with Gasteiger partial charge in [0.1, 0.15) is 0 Å². The standard InChI is InChI=1S/C17H31N3O/c1-17(2,3)18-16(21)20-13-11-19(12-14-20)10-9-15-7-5-4-6-8-15/h7H,4-6,8-14H2,1-3H3,(H,18,21). The Morgan fingerprint density at radius 2 is 1.90 bits per heavy atom. The van der Waals surface area contributed by atoms with Crippen molar-refractivity contribution in [3.8, 4) is 0 Å². The predicted molar refractivity (Wildman–Crippen MR) is 87.5 cm³/mol. The highest BCUT2D eigenvalue weighted by Crippen LogP contribution is 2.20. The van der Waals surface area contributed by atoms with Gasteiger partial charge >= 0.3 is 6.03 Å². The minimum absolute atomic E-state index is 0.0807. The van der Waals surface area contributed by atoms with E-state index in [0.717, 1.165) is 32.7 Å². The van der Waals surface area contributed by atoms with Crippen LogP contribution in [0.2, 0.25) is 0 Å². The van der Waals surface area contributed by atoms with Crippen molar-refractivity contribution < 1.29 is 4.79 Å². The fraction of sp³-hybridized carbons (Fsp3) is 0.824. The fourth-order valence-electron chi connectivity index (χ4n) is 3.01. The summed E-state index contributed by atoms with van der Waals surface area (Å²) in [6.45, 7) is 10.9. The van der Waals surface area contributed by atoms with Crippen LogP contribution < -0.4 is 5.32 Å². The highest BCUT2D eigenvalue weighted by atomic mass is 16.2. The van der Waals surface area contributed by atoms with Crippen molar-refractivity contribution in [1.82, 2.24) is 15.1 Å². The normalized spacial score (nSPS) is 21.1. The molecule has 1 fully saturated rings. The zero-order valence-electron chi connectivity index (χ0n) is 14.0. The molecule has 0 aromatic rings. The summed E-state index contributed by atoms with van der Waals surface area (Å²) in [4.78, 5) is 16.6. The van der Waals surface area contributed by atoms with Crippen LogP contribution in [0.3, 0.4) is 0 Å². The maximum Gasteiger partial charge on any atom is 0.317 e. The van der Waals surface area contributed by atoms with Gasteiger partial charge in [-0.15, -0.1) is 0 Å². The molecule has 2 rings (SSSR count). The van der Waals surface area contributed by atoms with Gasteiger partial charge in [0, 0.05) is 38.3 Å². The molecule has 120 valence electrons. The van der Waals surface area contributed by atoms with Gasteiger partial charge in [-0.25, -0.2) is 4.79 Å². The number of amides is 2. The lowest BCUT2D eigenvalue weighted by Crippen LogP contribution is -2.55. The molecule has 2 aliphatic rings. The van der Waals surface area contributed by atoms with E-state index >= 15 is 0 Å². The molecule has 1 aliphatic heterocycles. The quantitative estimate of drug-likeness (QED) is 0.812. The van der Waals surface area contributed by atoms with Gasteiger partial charge in [0.2, 0.25) is 0 Å². The van der Waals surface area contributed by atoms with Crippen LogP contribution in [0.5, 0.6) is 0 Å². The maximum absolute atomic E-state index is 12.1. The average molecular weight is 293 g/mol. The van der Waals surface area contributed by atoms with Crippen molar-refractivity contribution in [2.24, 2.45) is 0 Å². The van der Waals surface area contributed by atoms with E-state index < -0.39 is 0 Å². The van der Waals surface area contributed by atoms with Crippen LogP contribution >= 0.6 is 0 Å². The Morgan fingerprint density at radius 1 is 1.19 bits per heavy atom. The molecule has 0 bridgehead atoms. The Balaban J connectivity index is 1.68. The van der Waals surface area contributed by atoms with Gasteiger partial charge in [0.15, 0.2) is 0 Å². The molecule has 1 saturated heterocycles. The molecular weight excluding hydrogens is 262 g/mol. The average Bonchev–Trinajstić information content (AvgIpc) is 2.45. The molecule has 0 saturated carbocycles. The topological polar surface area (TPSA) is 35.6 Å². The minimum Gasteiger partial charge on any atom is -0.333 e. The molecule has 2 amide bonds. The van der Waals surface area contributed by atoms with E-state index in [1.165, 1.54) is 32.1 Å². The number of nitrogens with zero attached hydrogens (tertiary/aromatic N) is 2. The number of carbonyl (C=O) groups is 1. The van der Waals surface area contributed by atoms with Crippen LogP contribution in [-0.2, 0) is 0 Å².